The molecular formula is C14H23N3O5. The Balaban J connectivity index is 1.97. The second kappa shape index (κ2) is 5.86. The van der Waals surface area contributed by atoms with Gasteiger partial charge in [-0.3, -0.25) is 0 Å². The summed E-state index contributed by atoms with van der Waals surface area (Å²) in [7, 11) is 1.60. The lowest BCUT2D eigenvalue weighted by Crippen LogP contribution is -2.63. The minimum absolute atomic E-state index is 0.144. The van der Waals surface area contributed by atoms with Gasteiger partial charge in [-0.2, -0.15) is 0 Å². The summed E-state index contributed by atoms with van der Waals surface area (Å²) in [6.07, 6.45) is 0.415. The molecule has 0 amide bonds. The van der Waals surface area contributed by atoms with Gasteiger partial charge in [-0.25, -0.2) is 4.68 Å². The first-order chi connectivity index (χ1) is 10.4. The Morgan fingerprint density at radius 3 is 2.86 bits per heavy atom. The Labute approximate surface area is 129 Å². The Morgan fingerprint density at radius 1 is 1.50 bits per heavy atom. The van der Waals surface area contributed by atoms with E-state index in [1.54, 1.807) is 11.8 Å². The van der Waals surface area contributed by atoms with Crippen molar-refractivity contribution in [1.82, 2.24) is 15.0 Å². The largest absolute Gasteiger partial charge is 0.394 e. The summed E-state index contributed by atoms with van der Waals surface area (Å²) in [4.78, 5) is 0. The number of nitrogens with zero attached hydrogens (tertiary/aromatic N) is 3. The molecule has 2 saturated heterocycles. The molecule has 3 heterocycles. The molecule has 0 aromatic carbocycles. The molecule has 22 heavy (non-hydrogen) atoms. The molecule has 1 N–H and O–H groups in total. The minimum Gasteiger partial charge on any atom is -0.394 e. The maximum absolute atomic E-state index is 9.62. The van der Waals surface area contributed by atoms with E-state index in [0.717, 1.165) is 5.69 Å². The normalized spacial score (nSPS) is 37.8. The van der Waals surface area contributed by atoms with E-state index in [1.165, 1.54) is 0 Å². The highest BCUT2D eigenvalue weighted by Crippen LogP contribution is 2.38. The zero-order valence-corrected chi connectivity index (χ0v) is 13.3. The van der Waals surface area contributed by atoms with Gasteiger partial charge < -0.3 is 24.1 Å². The summed E-state index contributed by atoms with van der Waals surface area (Å²) in [6, 6.07) is -0.245. The standard InChI is InChI=1S/C14H23N3O5/c1-8-5-17(16-15-8)11-12(19-4)9(6-18)21-10-7-20-14(2,3)22-13(10)11/h5,9-13,18H,6-7H2,1-4H3/t9-,10-,11-,12+,13+/m1/s1. The summed E-state index contributed by atoms with van der Waals surface area (Å²) < 4.78 is 25.0. The van der Waals surface area contributed by atoms with Crippen molar-refractivity contribution in [2.45, 2.75) is 57.0 Å². The van der Waals surface area contributed by atoms with E-state index in [1.807, 2.05) is 27.0 Å². The van der Waals surface area contributed by atoms with Gasteiger partial charge in [0.2, 0.25) is 0 Å². The minimum atomic E-state index is -0.706. The van der Waals surface area contributed by atoms with Crippen LogP contribution < -0.4 is 0 Å². The van der Waals surface area contributed by atoms with Gasteiger partial charge in [-0.1, -0.05) is 5.21 Å². The summed E-state index contributed by atoms with van der Waals surface area (Å²) in [5, 5.41) is 17.8. The smallest absolute Gasteiger partial charge is 0.163 e. The lowest BCUT2D eigenvalue weighted by atomic mass is 9.91. The highest BCUT2D eigenvalue weighted by molar-refractivity contribution is 5.01. The molecule has 8 nitrogen and oxygen atoms in total. The second-order valence-electron chi connectivity index (χ2n) is 6.22. The van der Waals surface area contributed by atoms with Crippen LogP contribution >= 0.6 is 0 Å². The predicted octanol–water partition coefficient (Wildman–Crippen LogP) is 0.0538. The Bertz CT molecular complexity index is 520. The monoisotopic (exact) mass is 313 g/mol. The van der Waals surface area contributed by atoms with Crippen LogP contribution in [0.25, 0.3) is 0 Å². The lowest BCUT2D eigenvalue weighted by Gasteiger charge is -2.50. The summed E-state index contributed by atoms with van der Waals surface area (Å²) >= 11 is 0. The summed E-state index contributed by atoms with van der Waals surface area (Å²) in [5.41, 5.74) is 0.810. The first kappa shape index (κ1) is 15.8. The van der Waals surface area contributed by atoms with Gasteiger partial charge in [0, 0.05) is 13.3 Å². The Morgan fingerprint density at radius 2 is 2.27 bits per heavy atom. The van der Waals surface area contributed by atoms with Crippen LogP contribution in [0.2, 0.25) is 0 Å². The molecule has 1 aromatic heterocycles. The van der Waals surface area contributed by atoms with E-state index in [2.05, 4.69) is 10.3 Å². The van der Waals surface area contributed by atoms with Gasteiger partial charge in [0.05, 0.1) is 18.9 Å². The van der Waals surface area contributed by atoms with Crippen LogP contribution in [0, 0.1) is 6.92 Å². The number of rotatable bonds is 3. The van der Waals surface area contributed by atoms with Crippen LogP contribution in [-0.4, -0.2) is 70.6 Å². The quantitative estimate of drug-likeness (QED) is 0.844. The van der Waals surface area contributed by atoms with E-state index >= 15 is 0 Å². The fourth-order valence-electron chi connectivity index (χ4n) is 3.18. The van der Waals surface area contributed by atoms with Crippen molar-refractivity contribution in [3.05, 3.63) is 11.9 Å². The number of hydrogen-bond donors (Lipinski definition) is 1. The van der Waals surface area contributed by atoms with Crippen LogP contribution in [-0.2, 0) is 18.9 Å². The number of aliphatic hydroxyl groups excluding tert-OH is 1. The van der Waals surface area contributed by atoms with Crippen LogP contribution in [0.5, 0.6) is 0 Å². The highest BCUT2D eigenvalue weighted by Gasteiger charge is 2.52. The van der Waals surface area contributed by atoms with E-state index < -0.39 is 11.9 Å². The second-order valence-corrected chi connectivity index (χ2v) is 6.22. The van der Waals surface area contributed by atoms with Gasteiger partial charge in [0.25, 0.3) is 0 Å². The molecule has 3 rings (SSSR count). The first-order valence-corrected chi connectivity index (χ1v) is 7.44. The van der Waals surface area contributed by atoms with Crippen molar-refractivity contribution in [3.63, 3.8) is 0 Å². The average Bonchev–Trinajstić information content (AvgIpc) is 2.90. The predicted molar refractivity (Wildman–Crippen MR) is 75.2 cm³/mol. The summed E-state index contributed by atoms with van der Waals surface area (Å²) in [5.74, 6) is -0.706. The van der Waals surface area contributed by atoms with Crippen molar-refractivity contribution >= 4 is 0 Å². The Hall–Kier alpha value is -1.06. The maximum Gasteiger partial charge on any atom is 0.163 e. The lowest BCUT2D eigenvalue weighted by molar-refractivity contribution is -0.351. The third kappa shape index (κ3) is 2.77. The Kier molecular flexibility index (Phi) is 4.21. The van der Waals surface area contributed by atoms with E-state index in [-0.39, 0.29) is 31.0 Å². The molecule has 124 valence electrons. The molecule has 2 fully saturated rings. The van der Waals surface area contributed by atoms with E-state index in [4.69, 9.17) is 18.9 Å². The van der Waals surface area contributed by atoms with Crippen LogP contribution in [0.15, 0.2) is 6.20 Å². The molecule has 0 spiro atoms. The van der Waals surface area contributed by atoms with E-state index in [0.29, 0.717) is 6.61 Å². The highest BCUT2D eigenvalue weighted by atomic mass is 16.7. The number of ether oxygens (including phenoxy) is 4. The number of aliphatic hydroxyl groups is 1. The topological polar surface area (TPSA) is 87.9 Å². The number of hydrogen-bond acceptors (Lipinski definition) is 7. The van der Waals surface area contributed by atoms with Crippen molar-refractivity contribution in [1.29, 1.82) is 0 Å². The molecule has 8 heteroatoms. The molecule has 2 aliphatic heterocycles. The van der Waals surface area contributed by atoms with Crippen molar-refractivity contribution in [2.24, 2.45) is 0 Å². The third-order valence-electron chi connectivity index (χ3n) is 4.15. The molecule has 0 radical (unpaired) electrons. The maximum atomic E-state index is 9.62. The molecule has 2 aliphatic rings. The first-order valence-electron chi connectivity index (χ1n) is 7.44. The number of aromatic nitrogens is 3. The number of methoxy groups -OCH3 is 1. The number of aryl methyl sites for hydroxylation is 1. The van der Waals surface area contributed by atoms with Crippen molar-refractivity contribution < 1.29 is 24.1 Å². The summed E-state index contributed by atoms with van der Waals surface area (Å²) in [6.45, 7) is 5.87. The van der Waals surface area contributed by atoms with Gasteiger partial charge in [0.15, 0.2) is 5.79 Å². The van der Waals surface area contributed by atoms with E-state index in [9.17, 15) is 5.11 Å². The van der Waals surface area contributed by atoms with Crippen molar-refractivity contribution in [2.75, 3.05) is 20.3 Å². The van der Waals surface area contributed by atoms with Gasteiger partial charge >= 0.3 is 0 Å². The van der Waals surface area contributed by atoms with Gasteiger partial charge in [0.1, 0.15) is 30.5 Å². The molecule has 0 bridgehead atoms. The van der Waals surface area contributed by atoms with Crippen molar-refractivity contribution in [3.8, 4) is 0 Å². The van der Waals surface area contributed by atoms with Crippen LogP contribution in [0.1, 0.15) is 25.6 Å². The van der Waals surface area contributed by atoms with Crippen LogP contribution in [0.4, 0.5) is 0 Å². The van der Waals surface area contributed by atoms with Crippen LogP contribution in [0.3, 0.4) is 0 Å². The molecule has 0 unspecified atom stereocenters. The molecule has 0 aliphatic carbocycles. The van der Waals surface area contributed by atoms with Gasteiger partial charge in [-0.05, 0) is 20.8 Å². The molecule has 1 aromatic rings. The fraction of sp³-hybridized carbons (Fsp3) is 0.857. The number of fused-ring (bicyclic) bond motifs is 1. The SMILES string of the molecule is CO[C@@H]1[C@@H](n2cc(C)nn2)[C@H]2OC(C)(C)OC[C@H]2O[C@@H]1CO. The average molecular weight is 313 g/mol. The molecule has 5 atom stereocenters. The zero-order valence-electron chi connectivity index (χ0n) is 13.3. The third-order valence-corrected chi connectivity index (χ3v) is 4.15. The zero-order chi connectivity index (χ0) is 15.9. The fourth-order valence-corrected chi connectivity index (χ4v) is 3.18. The molecule has 0 saturated carbocycles. The molecular weight excluding hydrogens is 290 g/mol. The van der Waals surface area contributed by atoms with Gasteiger partial charge in [-0.15, -0.1) is 5.10 Å².